The molecule has 2 N–H and O–H groups in total. The SMILES string of the molecule is CC(C1CC1)n1cc(N)c(-c2ccccc2Cl)n1. The zero-order chi connectivity index (χ0) is 12.7. The van der Waals surface area contributed by atoms with E-state index in [2.05, 4.69) is 12.0 Å². The van der Waals surface area contributed by atoms with Crippen molar-refractivity contribution in [1.29, 1.82) is 0 Å². The van der Waals surface area contributed by atoms with Crippen LogP contribution in [0.15, 0.2) is 30.5 Å². The first-order chi connectivity index (χ1) is 8.66. The molecule has 1 aliphatic carbocycles. The first kappa shape index (κ1) is 11.6. The van der Waals surface area contributed by atoms with Crippen LogP contribution in [0.25, 0.3) is 11.3 Å². The average Bonchev–Trinajstić information content (AvgIpc) is 3.13. The van der Waals surface area contributed by atoms with Crippen LogP contribution in [0.2, 0.25) is 5.02 Å². The molecule has 18 heavy (non-hydrogen) atoms. The maximum absolute atomic E-state index is 6.19. The summed E-state index contributed by atoms with van der Waals surface area (Å²) in [5.74, 6) is 0.753. The average molecular weight is 262 g/mol. The fraction of sp³-hybridized carbons (Fsp3) is 0.357. The van der Waals surface area contributed by atoms with E-state index in [1.165, 1.54) is 12.8 Å². The molecule has 0 amide bonds. The second-order valence-electron chi connectivity index (χ2n) is 4.97. The highest BCUT2D eigenvalue weighted by atomic mass is 35.5. The Labute approximate surface area is 112 Å². The quantitative estimate of drug-likeness (QED) is 0.914. The van der Waals surface area contributed by atoms with Gasteiger partial charge in [-0.15, -0.1) is 0 Å². The number of hydrogen-bond donors (Lipinski definition) is 1. The molecule has 0 spiro atoms. The zero-order valence-corrected chi connectivity index (χ0v) is 11.1. The van der Waals surface area contributed by atoms with Gasteiger partial charge in [-0.25, -0.2) is 0 Å². The highest BCUT2D eigenvalue weighted by Crippen LogP contribution is 2.40. The van der Waals surface area contributed by atoms with Gasteiger partial charge in [0.05, 0.1) is 16.8 Å². The smallest absolute Gasteiger partial charge is 0.117 e. The molecule has 1 aromatic carbocycles. The molecule has 0 bridgehead atoms. The molecule has 3 rings (SSSR count). The molecule has 0 saturated heterocycles. The van der Waals surface area contributed by atoms with E-state index in [-0.39, 0.29) is 0 Å². The van der Waals surface area contributed by atoms with E-state index in [0.29, 0.717) is 16.8 Å². The predicted molar refractivity (Wildman–Crippen MR) is 74.5 cm³/mol. The zero-order valence-electron chi connectivity index (χ0n) is 10.3. The number of anilines is 1. The summed E-state index contributed by atoms with van der Waals surface area (Å²) in [5.41, 5.74) is 8.44. The van der Waals surface area contributed by atoms with Crippen LogP contribution < -0.4 is 5.73 Å². The summed E-state index contributed by atoms with van der Waals surface area (Å²) in [6.45, 7) is 2.19. The standard InChI is InChI=1S/C14H16ClN3/c1-9(10-6-7-10)18-8-13(16)14(17-18)11-4-2-3-5-12(11)15/h2-5,8-10H,6-7,16H2,1H3. The van der Waals surface area contributed by atoms with E-state index < -0.39 is 0 Å². The molecule has 4 heteroatoms. The van der Waals surface area contributed by atoms with Gasteiger partial charge in [-0.2, -0.15) is 5.10 Å². The van der Waals surface area contributed by atoms with Gasteiger partial charge in [0, 0.05) is 11.8 Å². The molecule has 0 aliphatic heterocycles. The molecule has 1 aliphatic rings. The van der Waals surface area contributed by atoms with Crippen molar-refractivity contribution in [2.45, 2.75) is 25.8 Å². The number of rotatable bonds is 3. The summed E-state index contributed by atoms with van der Waals surface area (Å²) < 4.78 is 1.98. The molecule has 94 valence electrons. The van der Waals surface area contributed by atoms with Crippen molar-refractivity contribution in [3.8, 4) is 11.3 Å². The van der Waals surface area contributed by atoms with Crippen molar-refractivity contribution >= 4 is 17.3 Å². The Hall–Kier alpha value is -1.48. The Kier molecular flexibility index (Phi) is 2.78. The van der Waals surface area contributed by atoms with Gasteiger partial charge in [-0.1, -0.05) is 29.8 Å². The summed E-state index contributed by atoms with van der Waals surface area (Å²) >= 11 is 6.19. The topological polar surface area (TPSA) is 43.8 Å². The van der Waals surface area contributed by atoms with Gasteiger partial charge < -0.3 is 5.73 Å². The van der Waals surface area contributed by atoms with Crippen LogP contribution in [-0.2, 0) is 0 Å². The summed E-state index contributed by atoms with van der Waals surface area (Å²) in [6.07, 6.45) is 4.51. The van der Waals surface area contributed by atoms with Crippen molar-refractivity contribution in [3.05, 3.63) is 35.5 Å². The minimum absolute atomic E-state index is 0.420. The number of benzene rings is 1. The van der Waals surface area contributed by atoms with Crippen LogP contribution in [0.3, 0.4) is 0 Å². The molecule has 2 aromatic rings. The van der Waals surface area contributed by atoms with E-state index in [9.17, 15) is 0 Å². The van der Waals surface area contributed by atoms with Gasteiger partial charge in [0.1, 0.15) is 5.69 Å². The van der Waals surface area contributed by atoms with Gasteiger partial charge in [-0.3, -0.25) is 4.68 Å². The number of nitrogens with two attached hydrogens (primary N) is 1. The molecule has 1 unspecified atom stereocenters. The Morgan fingerprint density at radius 2 is 2.11 bits per heavy atom. The molecular weight excluding hydrogens is 246 g/mol. The highest BCUT2D eigenvalue weighted by Gasteiger charge is 2.30. The summed E-state index contributed by atoms with van der Waals surface area (Å²) in [5, 5.41) is 5.30. The lowest BCUT2D eigenvalue weighted by atomic mass is 10.1. The van der Waals surface area contributed by atoms with Crippen molar-refractivity contribution < 1.29 is 0 Å². The Morgan fingerprint density at radius 1 is 1.39 bits per heavy atom. The molecule has 1 fully saturated rings. The van der Waals surface area contributed by atoms with E-state index in [1.54, 1.807) is 0 Å². The van der Waals surface area contributed by atoms with Gasteiger partial charge in [-0.05, 0) is 31.7 Å². The van der Waals surface area contributed by atoms with Crippen LogP contribution >= 0.6 is 11.6 Å². The van der Waals surface area contributed by atoms with Gasteiger partial charge >= 0.3 is 0 Å². The summed E-state index contributed by atoms with van der Waals surface area (Å²) in [7, 11) is 0. The third-order valence-corrected chi connectivity index (χ3v) is 3.94. The van der Waals surface area contributed by atoms with Gasteiger partial charge in [0.25, 0.3) is 0 Å². The largest absolute Gasteiger partial charge is 0.396 e. The maximum atomic E-state index is 6.19. The molecule has 3 nitrogen and oxygen atoms in total. The van der Waals surface area contributed by atoms with Crippen molar-refractivity contribution in [2.75, 3.05) is 5.73 Å². The molecule has 0 radical (unpaired) electrons. The van der Waals surface area contributed by atoms with E-state index in [1.807, 2.05) is 35.1 Å². The van der Waals surface area contributed by atoms with Crippen LogP contribution in [0.1, 0.15) is 25.8 Å². The lowest BCUT2D eigenvalue weighted by Gasteiger charge is -2.09. The lowest BCUT2D eigenvalue weighted by molar-refractivity contribution is 0.441. The number of halogens is 1. The lowest BCUT2D eigenvalue weighted by Crippen LogP contribution is -2.07. The third-order valence-electron chi connectivity index (χ3n) is 3.61. The molecule has 1 heterocycles. The molecule has 1 saturated carbocycles. The second-order valence-corrected chi connectivity index (χ2v) is 5.38. The molecule has 1 aromatic heterocycles. The maximum Gasteiger partial charge on any atom is 0.117 e. The van der Waals surface area contributed by atoms with Crippen LogP contribution in [0.4, 0.5) is 5.69 Å². The summed E-state index contributed by atoms with van der Waals surface area (Å²) in [6, 6.07) is 8.09. The predicted octanol–water partition coefficient (Wildman–Crippen LogP) is 3.76. The van der Waals surface area contributed by atoms with E-state index in [0.717, 1.165) is 17.2 Å². The first-order valence-electron chi connectivity index (χ1n) is 6.26. The number of aromatic nitrogens is 2. The first-order valence-corrected chi connectivity index (χ1v) is 6.64. The molecule has 1 atom stereocenters. The van der Waals surface area contributed by atoms with E-state index in [4.69, 9.17) is 17.3 Å². The highest BCUT2D eigenvalue weighted by molar-refractivity contribution is 6.33. The third kappa shape index (κ3) is 1.99. The van der Waals surface area contributed by atoms with Crippen molar-refractivity contribution in [3.63, 3.8) is 0 Å². The van der Waals surface area contributed by atoms with Gasteiger partial charge in [0.2, 0.25) is 0 Å². The van der Waals surface area contributed by atoms with Gasteiger partial charge in [0.15, 0.2) is 0 Å². The minimum atomic E-state index is 0.420. The minimum Gasteiger partial charge on any atom is -0.396 e. The van der Waals surface area contributed by atoms with Crippen molar-refractivity contribution in [1.82, 2.24) is 9.78 Å². The van der Waals surface area contributed by atoms with Crippen LogP contribution in [-0.4, -0.2) is 9.78 Å². The fourth-order valence-electron chi connectivity index (χ4n) is 2.27. The molecular formula is C14H16ClN3. The fourth-order valence-corrected chi connectivity index (χ4v) is 2.50. The van der Waals surface area contributed by atoms with Crippen LogP contribution in [0.5, 0.6) is 0 Å². The number of nitrogens with zero attached hydrogens (tertiary/aromatic N) is 2. The van der Waals surface area contributed by atoms with Crippen molar-refractivity contribution in [2.24, 2.45) is 5.92 Å². The second kappa shape index (κ2) is 4.32. The Morgan fingerprint density at radius 3 is 2.78 bits per heavy atom. The van der Waals surface area contributed by atoms with Crippen LogP contribution in [0, 0.1) is 5.92 Å². The monoisotopic (exact) mass is 261 g/mol. The normalized spacial score (nSPS) is 16.8. The number of hydrogen-bond acceptors (Lipinski definition) is 2. The summed E-state index contributed by atoms with van der Waals surface area (Å²) in [4.78, 5) is 0. The number of nitrogen functional groups attached to an aromatic ring is 1. The Balaban J connectivity index is 2.00. The van der Waals surface area contributed by atoms with E-state index >= 15 is 0 Å². The Bertz CT molecular complexity index is 572.